The van der Waals surface area contributed by atoms with E-state index in [9.17, 15) is 9.59 Å². The zero-order valence-electron chi connectivity index (χ0n) is 11.5. The number of nitrogens with one attached hydrogen (secondary N) is 2. The molecule has 0 aliphatic carbocycles. The third-order valence-corrected chi connectivity index (χ3v) is 3.33. The van der Waals surface area contributed by atoms with Crippen molar-refractivity contribution in [2.45, 2.75) is 13.0 Å². The second-order valence-corrected chi connectivity index (χ2v) is 4.86. The van der Waals surface area contributed by atoms with E-state index in [2.05, 4.69) is 19.9 Å². The lowest BCUT2D eigenvalue weighted by atomic mass is 10.2. The molecule has 0 spiro atoms. The Balaban J connectivity index is 1.79. The number of ether oxygens (including phenoxy) is 1. The third kappa shape index (κ3) is 2.70. The molecule has 2 N–H and O–H groups in total. The highest BCUT2D eigenvalue weighted by Gasteiger charge is 2.28. The van der Waals surface area contributed by atoms with Gasteiger partial charge in [0.25, 0.3) is 11.5 Å². The highest BCUT2D eigenvalue weighted by molar-refractivity contribution is 5.93. The quantitative estimate of drug-likeness (QED) is 0.810. The van der Waals surface area contributed by atoms with Crippen molar-refractivity contribution in [2.75, 3.05) is 19.7 Å². The van der Waals surface area contributed by atoms with E-state index in [0.717, 1.165) is 5.69 Å². The number of hydrogen-bond donors (Lipinski definition) is 2. The molecule has 1 amide bonds. The van der Waals surface area contributed by atoms with Gasteiger partial charge < -0.3 is 19.6 Å². The minimum absolute atomic E-state index is 0.0359. The van der Waals surface area contributed by atoms with Gasteiger partial charge in [-0.05, 0) is 6.92 Å². The Labute approximate surface area is 120 Å². The lowest BCUT2D eigenvalue weighted by molar-refractivity contribution is -0.0265. The summed E-state index contributed by atoms with van der Waals surface area (Å²) in [5, 5.41) is 0. The number of aryl methyl sites for hydroxylation is 1. The van der Waals surface area contributed by atoms with Gasteiger partial charge in [0.1, 0.15) is 17.5 Å². The van der Waals surface area contributed by atoms with Crippen molar-refractivity contribution in [3.63, 3.8) is 0 Å². The number of morpholine rings is 1. The second-order valence-electron chi connectivity index (χ2n) is 4.86. The van der Waals surface area contributed by atoms with Gasteiger partial charge in [-0.3, -0.25) is 9.59 Å². The summed E-state index contributed by atoms with van der Waals surface area (Å²) in [7, 11) is 0. The molecule has 8 heteroatoms. The standard InChI is InChI=1S/C13H15N5O3/c1-8-4-15-11(17-8)10-6-18(2-3-21-10)13(20)9-5-14-7-16-12(9)19/h4-5,7,10H,2-3,6H2,1H3,(H,15,17)(H,14,16,19)/t10-/m1/s1. The number of amides is 1. The number of H-pyrrole nitrogens is 2. The monoisotopic (exact) mass is 289 g/mol. The summed E-state index contributed by atoms with van der Waals surface area (Å²) in [6, 6.07) is 0. The second kappa shape index (κ2) is 5.49. The van der Waals surface area contributed by atoms with Crippen LogP contribution in [0.25, 0.3) is 0 Å². The number of carbonyl (C=O) groups is 1. The first-order valence-corrected chi connectivity index (χ1v) is 6.60. The van der Waals surface area contributed by atoms with Crippen molar-refractivity contribution >= 4 is 5.91 Å². The van der Waals surface area contributed by atoms with Gasteiger partial charge in [0.05, 0.1) is 19.5 Å². The van der Waals surface area contributed by atoms with Crippen LogP contribution in [0, 0.1) is 6.92 Å². The van der Waals surface area contributed by atoms with Crippen LogP contribution in [0.4, 0.5) is 0 Å². The lowest BCUT2D eigenvalue weighted by Gasteiger charge is -2.31. The summed E-state index contributed by atoms with van der Waals surface area (Å²) in [5.74, 6) is 0.339. The largest absolute Gasteiger partial charge is 0.367 e. The molecule has 1 aliphatic heterocycles. The summed E-state index contributed by atoms with van der Waals surface area (Å²) in [5.41, 5.74) is 0.529. The van der Waals surface area contributed by atoms with Gasteiger partial charge in [-0.2, -0.15) is 0 Å². The Morgan fingerprint density at radius 1 is 1.48 bits per heavy atom. The number of rotatable bonds is 2. The molecule has 1 fully saturated rings. The van der Waals surface area contributed by atoms with Crippen LogP contribution in [-0.2, 0) is 4.74 Å². The molecule has 0 unspecified atom stereocenters. The molecule has 1 saturated heterocycles. The van der Waals surface area contributed by atoms with Crippen LogP contribution in [0.3, 0.4) is 0 Å². The average molecular weight is 289 g/mol. The predicted molar refractivity (Wildman–Crippen MR) is 72.8 cm³/mol. The molecule has 0 bridgehead atoms. The Morgan fingerprint density at radius 2 is 2.33 bits per heavy atom. The first kappa shape index (κ1) is 13.5. The molecule has 2 aromatic rings. The summed E-state index contributed by atoms with van der Waals surface area (Å²) >= 11 is 0. The van der Waals surface area contributed by atoms with Crippen LogP contribution >= 0.6 is 0 Å². The molecule has 110 valence electrons. The number of aromatic nitrogens is 4. The summed E-state index contributed by atoms with van der Waals surface area (Å²) in [4.78, 5) is 39.1. The molecule has 2 aromatic heterocycles. The maximum absolute atomic E-state index is 12.4. The van der Waals surface area contributed by atoms with Crippen molar-refractivity contribution in [2.24, 2.45) is 0 Å². The maximum atomic E-state index is 12.4. The van der Waals surface area contributed by atoms with Gasteiger partial charge in [0.2, 0.25) is 0 Å². The molecule has 0 radical (unpaired) electrons. The summed E-state index contributed by atoms with van der Waals surface area (Å²) in [6.07, 6.45) is 3.94. The fourth-order valence-electron chi connectivity index (χ4n) is 2.26. The molecule has 8 nitrogen and oxygen atoms in total. The molecular formula is C13H15N5O3. The Bertz CT molecular complexity index is 708. The fraction of sp³-hybridized carbons (Fsp3) is 0.385. The number of carbonyl (C=O) groups excluding carboxylic acids is 1. The van der Waals surface area contributed by atoms with E-state index in [1.165, 1.54) is 12.5 Å². The number of aromatic amines is 2. The number of imidazole rings is 1. The minimum atomic E-state index is -0.438. The average Bonchev–Trinajstić information content (AvgIpc) is 2.94. The van der Waals surface area contributed by atoms with E-state index in [0.29, 0.717) is 25.5 Å². The smallest absolute Gasteiger partial charge is 0.263 e. The lowest BCUT2D eigenvalue weighted by Crippen LogP contribution is -2.44. The normalized spacial score (nSPS) is 18.7. The van der Waals surface area contributed by atoms with E-state index >= 15 is 0 Å². The van der Waals surface area contributed by atoms with Crippen molar-refractivity contribution < 1.29 is 9.53 Å². The van der Waals surface area contributed by atoms with Gasteiger partial charge in [-0.15, -0.1) is 0 Å². The van der Waals surface area contributed by atoms with Crippen LogP contribution in [0.5, 0.6) is 0 Å². The highest BCUT2D eigenvalue weighted by atomic mass is 16.5. The fourth-order valence-corrected chi connectivity index (χ4v) is 2.26. The third-order valence-electron chi connectivity index (χ3n) is 3.33. The van der Waals surface area contributed by atoms with Crippen molar-refractivity contribution in [1.82, 2.24) is 24.8 Å². The van der Waals surface area contributed by atoms with Gasteiger partial charge in [-0.1, -0.05) is 0 Å². The van der Waals surface area contributed by atoms with Gasteiger partial charge in [0, 0.05) is 24.6 Å². The minimum Gasteiger partial charge on any atom is -0.367 e. The van der Waals surface area contributed by atoms with Gasteiger partial charge >= 0.3 is 0 Å². The van der Waals surface area contributed by atoms with Crippen molar-refractivity contribution in [3.8, 4) is 0 Å². The van der Waals surface area contributed by atoms with Crippen LogP contribution in [0.15, 0.2) is 23.5 Å². The first-order valence-electron chi connectivity index (χ1n) is 6.60. The SMILES string of the molecule is Cc1cnc([C@H]2CN(C(=O)c3cnc[nH]c3=O)CCO2)[nH]1. The van der Waals surface area contributed by atoms with Crippen molar-refractivity contribution in [3.05, 3.63) is 46.2 Å². The number of nitrogens with zero attached hydrogens (tertiary/aromatic N) is 3. The molecule has 0 saturated carbocycles. The Kier molecular flexibility index (Phi) is 3.53. The zero-order valence-corrected chi connectivity index (χ0v) is 11.5. The Morgan fingerprint density at radius 3 is 3.05 bits per heavy atom. The molecule has 0 aromatic carbocycles. The van der Waals surface area contributed by atoms with Gasteiger partial charge in [0.15, 0.2) is 0 Å². The molecule has 1 aliphatic rings. The van der Waals surface area contributed by atoms with Crippen LogP contribution < -0.4 is 5.56 Å². The van der Waals surface area contributed by atoms with Crippen LogP contribution in [0.2, 0.25) is 0 Å². The van der Waals surface area contributed by atoms with E-state index < -0.39 is 5.56 Å². The summed E-state index contributed by atoms with van der Waals surface area (Å²) in [6.45, 7) is 3.08. The number of hydrogen-bond acceptors (Lipinski definition) is 5. The van der Waals surface area contributed by atoms with E-state index in [1.807, 2.05) is 6.92 Å². The zero-order chi connectivity index (χ0) is 14.8. The van der Waals surface area contributed by atoms with Crippen molar-refractivity contribution in [1.29, 1.82) is 0 Å². The Hall–Kier alpha value is -2.48. The molecule has 1 atom stereocenters. The predicted octanol–water partition coefficient (Wildman–Crippen LogP) is 0.0151. The van der Waals surface area contributed by atoms with E-state index in [-0.39, 0.29) is 17.6 Å². The molecular weight excluding hydrogens is 274 g/mol. The maximum Gasteiger partial charge on any atom is 0.263 e. The van der Waals surface area contributed by atoms with Crippen LogP contribution in [-0.4, -0.2) is 50.4 Å². The topological polar surface area (TPSA) is 104 Å². The van der Waals surface area contributed by atoms with E-state index in [4.69, 9.17) is 4.74 Å². The van der Waals surface area contributed by atoms with Gasteiger partial charge in [-0.25, -0.2) is 9.97 Å². The molecule has 3 rings (SSSR count). The highest BCUT2D eigenvalue weighted by Crippen LogP contribution is 2.20. The molecule has 21 heavy (non-hydrogen) atoms. The summed E-state index contributed by atoms with van der Waals surface area (Å²) < 4.78 is 5.63. The first-order chi connectivity index (χ1) is 10.1. The van der Waals surface area contributed by atoms with Crippen LogP contribution in [0.1, 0.15) is 28.0 Å². The molecule has 3 heterocycles. The van der Waals surface area contributed by atoms with E-state index in [1.54, 1.807) is 11.1 Å².